The normalized spacial score (nSPS) is 21.8. The van der Waals surface area contributed by atoms with Crippen molar-refractivity contribution in [1.82, 2.24) is 14.1 Å². The Kier molecular flexibility index (Phi) is 7.02. The zero-order valence-corrected chi connectivity index (χ0v) is 18.3. The number of sulfonamides is 1. The fourth-order valence-corrected chi connectivity index (χ4v) is 4.98. The molecule has 1 aromatic rings. The van der Waals surface area contributed by atoms with Gasteiger partial charge < -0.3 is 14.4 Å². The van der Waals surface area contributed by atoms with Gasteiger partial charge in [0.25, 0.3) is 0 Å². The first-order chi connectivity index (χ1) is 13.8. The van der Waals surface area contributed by atoms with Crippen LogP contribution < -0.4 is 9.47 Å². The average Bonchev–Trinajstić information content (AvgIpc) is 2.73. The molecule has 3 rings (SSSR count). The van der Waals surface area contributed by atoms with Crippen LogP contribution in [0.1, 0.15) is 18.4 Å². The fourth-order valence-electron chi connectivity index (χ4n) is 4.07. The molecule has 1 unspecified atom stereocenters. The van der Waals surface area contributed by atoms with Crippen LogP contribution in [-0.4, -0.2) is 88.2 Å². The van der Waals surface area contributed by atoms with Gasteiger partial charge in [0.1, 0.15) is 0 Å². The molecular formula is C20H31N3O5S. The first-order valence-corrected chi connectivity index (χ1v) is 11.8. The lowest BCUT2D eigenvalue weighted by Gasteiger charge is -2.38. The summed E-state index contributed by atoms with van der Waals surface area (Å²) in [5.74, 6) is 1.29. The summed E-state index contributed by atoms with van der Waals surface area (Å²) in [5.41, 5.74) is 1.14. The van der Waals surface area contributed by atoms with Crippen molar-refractivity contribution in [3.8, 4) is 11.5 Å². The molecule has 2 fully saturated rings. The third kappa shape index (κ3) is 5.40. The summed E-state index contributed by atoms with van der Waals surface area (Å²) in [4.78, 5) is 17.1. The van der Waals surface area contributed by atoms with E-state index in [1.807, 2.05) is 23.1 Å². The van der Waals surface area contributed by atoms with E-state index in [1.165, 1.54) is 10.6 Å². The molecule has 0 N–H and O–H groups in total. The second-order valence-electron chi connectivity index (χ2n) is 7.75. The van der Waals surface area contributed by atoms with Crippen LogP contribution in [0, 0.1) is 5.92 Å². The Labute approximate surface area is 173 Å². The molecule has 2 aliphatic rings. The molecule has 29 heavy (non-hydrogen) atoms. The van der Waals surface area contributed by atoms with Crippen LogP contribution in [-0.2, 0) is 21.4 Å². The van der Waals surface area contributed by atoms with E-state index in [2.05, 4.69) is 4.90 Å². The molecule has 1 amide bonds. The monoisotopic (exact) mass is 425 g/mol. The predicted octanol–water partition coefficient (Wildman–Crippen LogP) is 1.02. The van der Waals surface area contributed by atoms with E-state index in [0.717, 1.165) is 38.0 Å². The summed E-state index contributed by atoms with van der Waals surface area (Å²) in [6, 6.07) is 5.92. The van der Waals surface area contributed by atoms with E-state index >= 15 is 0 Å². The number of ether oxygens (including phenoxy) is 2. The van der Waals surface area contributed by atoms with Crippen LogP contribution >= 0.6 is 0 Å². The van der Waals surface area contributed by atoms with Gasteiger partial charge in [-0.15, -0.1) is 0 Å². The highest BCUT2D eigenvalue weighted by Gasteiger charge is 2.33. The van der Waals surface area contributed by atoms with Crippen molar-refractivity contribution in [2.75, 3.05) is 59.7 Å². The molecule has 162 valence electrons. The predicted molar refractivity (Wildman–Crippen MR) is 111 cm³/mol. The lowest BCUT2D eigenvalue weighted by atomic mass is 9.97. The van der Waals surface area contributed by atoms with Crippen molar-refractivity contribution >= 4 is 15.9 Å². The highest BCUT2D eigenvalue weighted by molar-refractivity contribution is 7.88. The Morgan fingerprint density at radius 2 is 1.76 bits per heavy atom. The molecule has 8 nitrogen and oxygen atoms in total. The second kappa shape index (κ2) is 9.32. The number of methoxy groups -OCH3 is 2. The smallest absolute Gasteiger partial charge is 0.227 e. The maximum Gasteiger partial charge on any atom is 0.227 e. The first-order valence-electron chi connectivity index (χ1n) is 9.99. The Morgan fingerprint density at radius 1 is 1.07 bits per heavy atom. The topological polar surface area (TPSA) is 79.4 Å². The summed E-state index contributed by atoms with van der Waals surface area (Å²) in [5, 5.41) is 0. The number of piperidine rings is 1. The number of carbonyl (C=O) groups is 1. The molecule has 0 radical (unpaired) electrons. The second-order valence-corrected chi connectivity index (χ2v) is 9.73. The molecule has 2 heterocycles. The molecule has 1 atom stereocenters. The molecule has 0 aliphatic carbocycles. The van der Waals surface area contributed by atoms with Gasteiger partial charge in [0.2, 0.25) is 15.9 Å². The standard InChI is InChI=1S/C20H31N3O5S/c1-27-18-7-6-16(13-19(18)28-2)14-21-9-11-22(12-10-21)20(24)17-5-4-8-23(15-17)29(3,25)26/h6-7,13,17H,4-5,8-12,14-15H2,1-3H3. The van der Waals surface area contributed by atoms with Gasteiger partial charge in [0.15, 0.2) is 11.5 Å². The number of nitrogens with zero attached hydrogens (tertiary/aromatic N) is 3. The van der Waals surface area contributed by atoms with Crippen molar-refractivity contribution < 1.29 is 22.7 Å². The van der Waals surface area contributed by atoms with E-state index in [0.29, 0.717) is 37.7 Å². The van der Waals surface area contributed by atoms with Crippen molar-refractivity contribution in [2.24, 2.45) is 5.92 Å². The van der Waals surface area contributed by atoms with Crippen molar-refractivity contribution in [2.45, 2.75) is 19.4 Å². The van der Waals surface area contributed by atoms with Gasteiger partial charge >= 0.3 is 0 Å². The summed E-state index contributed by atoms with van der Waals surface area (Å²) < 4.78 is 35.7. The lowest BCUT2D eigenvalue weighted by molar-refractivity contribution is -0.138. The van der Waals surface area contributed by atoms with Crippen LogP contribution in [0.3, 0.4) is 0 Å². The summed E-state index contributed by atoms with van der Waals surface area (Å²) in [6.07, 6.45) is 2.71. The lowest BCUT2D eigenvalue weighted by Crippen LogP contribution is -2.52. The third-order valence-electron chi connectivity index (χ3n) is 5.74. The van der Waals surface area contributed by atoms with Crippen LogP contribution in [0.4, 0.5) is 0 Å². The van der Waals surface area contributed by atoms with Gasteiger partial charge in [0.05, 0.1) is 26.4 Å². The maximum absolute atomic E-state index is 12.9. The number of benzene rings is 1. The largest absolute Gasteiger partial charge is 0.493 e. The van der Waals surface area contributed by atoms with Crippen LogP contribution in [0.25, 0.3) is 0 Å². The van der Waals surface area contributed by atoms with Gasteiger partial charge in [-0.05, 0) is 30.5 Å². The Balaban J connectivity index is 1.53. The van der Waals surface area contributed by atoms with Gasteiger partial charge in [-0.2, -0.15) is 0 Å². The molecule has 2 aliphatic heterocycles. The zero-order valence-electron chi connectivity index (χ0n) is 17.5. The molecule has 2 saturated heterocycles. The van der Waals surface area contributed by atoms with E-state index in [4.69, 9.17) is 9.47 Å². The summed E-state index contributed by atoms with van der Waals surface area (Å²) >= 11 is 0. The van der Waals surface area contributed by atoms with Crippen molar-refractivity contribution in [1.29, 1.82) is 0 Å². The number of hydrogen-bond donors (Lipinski definition) is 0. The van der Waals surface area contributed by atoms with Crippen molar-refractivity contribution in [3.05, 3.63) is 23.8 Å². The average molecular weight is 426 g/mol. The molecule has 0 aromatic heterocycles. The highest BCUT2D eigenvalue weighted by Crippen LogP contribution is 2.28. The van der Waals surface area contributed by atoms with Crippen molar-refractivity contribution in [3.63, 3.8) is 0 Å². The molecule has 1 aromatic carbocycles. The van der Waals surface area contributed by atoms with Gasteiger partial charge in [-0.25, -0.2) is 12.7 Å². The first kappa shape index (κ1) is 21.9. The number of amides is 1. The highest BCUT2D eigenvalue weighted by atomic mass is 32.2. The Bertz CT molecular complexity index is 821. The van der Waals surface area contributed by atoms with Gasteiger partial charge in [0, 0.05) is 45.8 Å². The van der Waals surface area contributed by atoms with E-state index in [1.54, 1.807) is 14.2 Å². The minimum absolute atomic E-state index is 0.0871. The minimum Gasteiger partial charge on any atom is -0.493 e. The third-order valence-corrected chi connectivity index (χ3v) is 7.01. The Morgan fingerprint density at radius 3 is 2.38 bits per heavy atom. The molecule has 9 heteroatoms. The molecule has 0 spiro atoms. The number of piperazine rings is 1. The van der Waals surface area contributed by atoms with E-state index in [-0.39, 0.29) is 11.8 Å². The summed E-state index contributed by atoms with van der Waals surface area (Å²) in [6.45, 7) is 4.53. The van der Waals surface area contributed by atoms with E-state index < -0.39 is 10.0 Å². The number of hydrogen-bond acceptors (Lipinski definition) is 6. The van der Waals surface area contributed by atoms with Crippen LogP contribution in [0.2, 0.25) is 0 Å². The zero-order chi connectivity index (χ0) is 21.0. The number of carbonyl (C=O) groups excluding carboxylic acids is 1. The fraction of sp³-hybridized carbons (Fsp3) is 0.650. The van der Waals surface area contributed by atoms with Crippen LogP contribution in [0.15, 0.2) is 18.2 Å². The molecular weight excluding hydrogens is 394 g/mol. The SMILES string of the molecule is COc1ccc(CN2CCN(C(=O)C3CCCN(S(C)(=O)=O)C3)CC2)cc1OC. The molecule has 0 bridgehead atoms. The molecule has 0 saturated carbocycles. The van der Waals surface area contributed by atoms with Crippen LogP contribution in [0.5, 0.6) is 11.5 Å². The summed E-state index contributed by atoms with van der Waals surface area (Å²) in [7, 11) is 0.00535. The Hall–Kier alpha value is -1.84. The maximum atomic E-state index is 12.9. The van der Waals surface area contributed by atoms with Gasteiger partial charge in [-0.3, -0.25) is 9.69 Å². The minimum atomic E-state index is -3.24. The quantitative estimate of drug-likeness (QED) is 0.677. The van der Waals surface area contributed by atoms with E-state index in [9.17, 15) is 13.2 Å². The van der Waals surface area contributed by atoms with Gasteiger partial charge in [-0.1, -0.05) is 6.07 Å². The number of rotatable bonds is 6.